The van der Waals surface area contributed by atoms with E-state index in [1.165, 1.54) is 5.56 Å². The molecule has 3 aromatic carbocycles. The van der Waals surface area contributed by atoms with E-state index in [1.54, 1.807) is 11.8 Å². The molecule has 0 bridgehead atoms. The molecule has 4 rings (SSSR count). The molecule has 0 unspecified atom stereocenters. The lowest BCUT2D eigenvalue weighted by Crippen LogP contribution is -1.99. The van der Waals surface area contributed by atoms with Gasteiger partial charge >= 0.3 is 0 Å². The van der Waals surface area contributed by atoms with E-state index >= 15 is 0 Å². The van der Waals surface area contributed by atoms with Gasteiger partial charge in [0.05, 0.1) is 0 Å². The fourth-order valence-electron chi connectivity index (χ4n) is 2.59. The Morgan fingerprint density at radius 1 is 0.654 bits per heavy atom. The van der Waals surface area contributed by atoms with Crippen LogP contribution in [0.3, 0.4) is 0 Å². The first kappa shape index (κ1) is 16.5. The number of hydrogen-bond acceptors (Lipinski definition) is 4. The van der Waals surface area contributed by atoms with E-state index in [9.17, 15) is 0 Å². The molecule has 3 nitrogen and oxygen atoms in total. The SMILES string of the molecule is Cc1ccc(-c2nnc(-c3ccccc3)nc2Sc2ccccc2)cc1. The van der Waals surface area contributed by atoms with Gasteiger partial charge < -0.3 is 0 Å². The van der Waals surface area contributed by atoms with E-state index in [0.717, 1.165) is 26.7 Å². The topological polar surface area (TPSA) is 38.7 Å². The monoisotopic (exact) mass is 355 g/mol. The van der Waals surface area contributed by atoms with Crippen molar-refractivity contribution in [2.24, 2.45) is 0 Å². The molecule has 0 saturated heterocycles. The van der Waals surface area contributed by atoms with Gasteiger partial charge in [-0.25, -0.2) is 4.98 Å². The van der Waals surface area contributed by atoms with Gasteiger partial charge in [0, 0.05) is 16.0 Å². The molecule has 0 aliphatic rings. The first-order valence-electron chi connectivity index (χ1n) is 8.40. The van der Waals surface area contributed by atoms with E-state index in [4.69, 9.17) is 4.98 Å². The van der Waals surface area contributed by atoms with Crippen molar-refractivity contribution < 1.29 is 0 Å². The predicted molar refractivity (Wildman–Crippen MR) is 106 cm³/mol. The number of aryl methyl sites for hydroxylation is 1. The summed E-state index contributed by atoms with van der Waals surface area (Å²) in [6.07, 6.45) is 0. The van der Waals surface area contributed by atoms with Crippen LogP contribution >= 0.6 is 11.8 Å². The Morgan fingerprint density at radius 3 is 2.00 bits per heavy atom. The molecule has 0 saturated carbocycles. The Kier molecular flexibility index (Phi) is 4.75. The zero-order chi connectivity index (χ0) is 17.8. The fourth-order valence-corrected chi connectivity index (χ4v) is 3.49. The third-order valence-corrected chi connectivity index (χ3v) is 4.96. The molecule has 0 atom stereocenters. The van der Waals surface area contributed by atoms with Crippen LogP contribution in [0.15, 0.2) is 94.9 Å². The molecule has 4 aromatic rings. The summed E-state index contributed by atoms with van der Waals surface area (Å²) < 4.78 is 0. The number of benzene rings is 3. The summed E-state index contributed by atoms with van der Waals surface area (Å²) in [6, 6.07) is 28.5. The van der Waals surface area contributed by atoms with Crippen LogP contribution in [0, 0.1) is 6.92 Å². The third-order valence-electron chi connectivity index (χ3n) is 3.97. The quantitative estimate of drug-likeness (QED) is 0.473. The van der Waals surface area contributed by atoms with Gasteiger partial charge in [0.2, 0.25) is 0 Å². The smallest absolute Gasteiger partial charge is 0.182 e. The summed E-state index contributed by atoms with van der Waals surface area (Å²) in [5, 5.41) is 9.75. The summed E-state index contributed by atoms with van der Waals surface area (Å²) >= 11 is 1.61. The second-order valence-electron chi connectivity index (χ2n) is 5.94. The van der Waals surface area contributed by atoms with Crippen molar-refractivity contribution in [3.63, 3.8) is 0 Å². The van der Waals surface area contributed by atoms with Crippen molar-refractivity contribution >= 4 is 11.8 Å². The van der Waals surface area contributed by atoms with Crippen molar-refractivity contribution in [1.82, 2.24) is 15.2 Å². The van der Waals surface area contributed by atoms with Gasteiger partial charge in [-0.05, 0) is 19.1 Å². The highest BCUT2D eigenvalue weighted by atomic mass is 32.2. The molecule has 0 amide bonds. The van der Waals surface area contributed by atoms with Gasteiger partial charge in [0.25, 0.3) is 0 Å². The molecule has 1 heterocycles. The molecule has 0 aliphatic carbocycles. The van der Waals surface area contributed by atoms with Gasteiger partial charge in [0.15, 0.2) is 5.82 Å². The normalized spacial score (nSPS) is 10.7. The molecule has 26 heavy (non-hydrogen) atoms. The Labute approximate surface area is 157 Å². The molecule has 126 valence electrons. The number of aromatic nitrogens is 3. The molecule has 4 heteroatoms. The summed E-state index contributed by atoms with van der Waals surface area (Å²) in [5.41, 5.74) is 4.00. The summed E-state index contributed by atoms with van der Waals surface area (Å²) in [6.45, 7) is 2.08. The number of nitrogens with zero attached hydrogens (tertiary/aromatic N) is 3. The maximum absolute atomic E-state index is 4.83. The van der Waals surface area contributed by atoms with Crippen LogP contribution in [-0.4, -0.2) is 15.2 Å². The number of hydrogen-bond donors (Lipinski definition) is 0. The third kappa shape index (κ3) is 3.65. The molecular formula is C22H17N3S. The lowest BCUT2D eigenvalue weighted by Gasteiger charge is -2.09. The molecule has 0 N–H and O–H groups in total. The molecule has 0 fully saturated rings. The van der Waals surface area contributed by atoms with Crippen LogP contribution in [-0.2, 0) is 0 Å². The van der Waals surface area contributed by atoms with E-state index < -0.39 is 0 Å². The summed E-state index contributed by atoms with van der Waals surface area (Å²) in [7, 11) is 0. The molecular weight excluding hydrogens is 338 g/mol. The lowest BCUT2D eigenvalue weighted by atomic mass is 10.1. The van der Waals surface area contributed by atoms with Gasteiger partial charge in [-0.1, -0.05) is 90.1 Å². The minimum Gasteiger partial charge on any atom is -0.217 e. The summed E-state index contributed by atoms with van der Waals surface area (Å²) in [5.74, 6) is 0.639. The van der Waals surface area contributed by atoms with Crippen LogP contribution in [0.5, 0.6) is 0 Å². The molecule has 0 radical (unpaired) electrons. The van der Waals surface area contributed by atoms with E-state index in [1.807, 2.05) is 48.5 Å². The maximum Gasteiger partial charge on any atom is 0.182 e. The second-order valence-corrected chi connectivity index (χ2v) is 7.00. The zero-order valence-electron chi connectivity index (χ0n) is 14.3. The minimum atomic E-state index is 0.639. The highest BCUT2D eigenvalue weighted by Crippen LogP contribution is 2.34. The van der Waals surface area contributed by atoms with Gasteiger partial charge in [-0.15, -0.1) is 10.2 Å². The highest BCUT2D eigenvalue weighted by Gasteiger charge is 2.14. The van der Waals surface area contributed by atoms with Crippen molar-refractivity contribution in [2.75, 3.05) is 0 Å². The largest absolute Gasteiger partial charge is 0.217 e. The summed E-state index contributed by atoms with van der Waals surface area (Å²) in [4.78, 5) is 5.95. The fraction of sp³-hybridized carbons (Fsp3) is 0.0455. The van der Waals surface area contributed by atoms with Gasteiger partial charge in [-0.2, -0.15) is 0 Å². The van der Waals surface area contributed by atoms with E-state index in [0.29, 0.717) is 5.82 Å². The van der Waals surface area contributed by atoms with Crippen molar-refractivity contribution in [2.45, 2.75) is 16.8 Å². The first-order chi connectivity index (χ1) is 12.8. The van der Waals surface area contributed by atoms with Crippen LogP contribution < -0.4 is 0 Å². The Hall–Kier alpha value is -2.98. The second kappa shape index (κ2) is 7.50. The Balaban J connectivity index is 1.81. The average Bonchev–Trinajstić information content (AvgIpc) is 2.70. The lowest BCUT2D eigenvalue weighted by molar-refractivity contribution is 0.924. The van der Waals surface area contributed by atoms with Crippen molar-refractivity contribution in [3.05, 3.63) is 90.5 Å². The predicted octanol–water partition coefficient (Wildman–Crippen LogP) is 5.67. The Bertz CT molecular complexity index is 1000. The molecule has 0 spiro atoms. The van der Waals surface area contributed by atoms with Crippen LogP contribution in [0.4, 0.5) is 0 Å². The van der Waals surface area contributed by atoms with Gasteiger partial charge in [-0.3, -0.25) is 0 Å². The molecule has 0 aliphatic heterocycles. The molecule has 1 aromatic heterocycles. The van der Waals surface area contributed by atoms with E-state index in [2.05, 4.69) is 53.5 Å². The van der Waals surface area contributed by atoms with Crippen LogP contribution in [0.1, 0.15) is 5.56 Å². The Morgan fingerprint density at radius 2 is 1.31 bits per heavy atom. The van der Waals surface area contributed by atoms with Crippen molar-refractivity contribution in [1.29, 1.82) is 0 Å². The average molecular weight is 355 g/mol. The zero-order valence-corrected chi connectivity index (χ0v) is 15.1. The van der Waals surface area contributed by atoms with Crippen molar-refractivity contribution in [3.8, 4) is 22.6 Å². The first-order valence-corrected chi connectivity index (χ1v) is 9.21. The minimum absolute atomic E-state index is 0.639. The van der Waals surface area contributed by atoms with Crippen LogP contribution in [0.2, 0.25) is 0 Å². The van der Waals surface area contributed by atoms with E-state index in [-0.39, 0.29) is 0 Å². The van der Waals surface area contributed by atoms with Gasteiger partial charge in [0.1, 0.15) is 10.7 Å². The van der Waals surface area contributed by atoms with Crippen LogP contribution in [0.25, 0.3) is 22.6 Å². The number of rotatable bonds is 4. The highest BCUT2D eigenvalue weighted by molar-refractivity contribution is 7.99. The standard InChI is InChI=1S/C22H17N3S/c1-16-12-14-17(15-13-16)20-22(26-19-10-6-3-7-11-19)23-21(25-24-20)18-8-4-2-5-9-18/h2-15H,1H3. The maximum atomic E-state index is 4.83.